The molecule has 0 saturated carbocycles. The number of ether oxygens (including phenoxy) is 2. The first kappa shape index (κ1) is 26.2. The third-order valence-corrected chi connectivity index (χ3v) is 6.35. The fraction of sp³-hybridized carbons (Fsp3) is 0.0370. The number of hydrogen-bond acceptors (Lipinski definition) is 8. The minimum absolute atomic E-state index is 0.241. The molecule has 0 N–H and O–H groups in total. The number of hydrogen-bond donors (Lipinski definition) is 0. The molecule has 0 atom stereocenters. The summed E-state index contributed by atoms with van der Waals surface area (Å²) in [5.41, 5.74) is 0.608. The van der Waals surface area contributed by atoms with E-state index < -0.39 is 27.3 Å². The first-order valence-electron chi connectivity index (χ1n) is 11.3. The molecule has 39 heavy (non-hydrogen) atoms. The quantitative estimate of drug-likeness (QED) is 0.115. The molecule has 0 aliphatic carbocycles. The van der Waals surface area contributed by atoms with Gasteiger partial charge >= 0.3 is 21.0 Å². The van der Waals surface area contributed by atoms with Crippen LogP contribution in [0.3, 0.4) is 0 Å². The Morgan fingerprint density at radius 3 is 1.51 bits per heavy atom. The van der Waals surface area contributed by atoms with Crippen LogP contribution in [-0.4, -0.2) is 16.8 Å². The molecule has 0 spiro atoms. The second kappa shape index (κ2) is 10.4. The highest BCUT2D eigenvalue weighted by Crippen LogP contribution is 2.32. The average molecular weight is 573 g/mol. The molecule has 5 rings (SSSR count). The van der Waals surface area contributed by atoms with Crippen molar-refractivity contribution in [2.75, 3.05) is 0 Å². The summed E-state index contributed by atoms with van der Waals surface area (Å²) in [6.07, 6.45) is -1.05. The van der Waals surface area contributed by atoms with Crippen LogP contribution in [0.4, 0.5) is 7.77 Å². The minimum atomic E-state index is -5.19. The third-order valence-electron chi connectivity index (χ3n) is 5.57. The van der Waals surface area contributed by atoms with Gasteiger partial charge in [-0.3, -0.25) is 0 Å². The predicted octanol–water partition coefficient (Wildman–Crippen LogP) is 6.34. The standard InChI is InChI=1S/C27H18F2O8S2/c28-38(30,31)36-23-12-8-21(9-13-23)34-27(35-22-10-14-24(15-11-22)37-39(29,32)33)20-7-16-26-19(17-20)6-5-18-3-1-2-4-25(18)26/h1-17,27H. The molecule has 0 aromatic heterocycles. The molecule has 5 aromatic rings. The van der Waals surface area contributed by atoms with Crippen LogP contribution in [0, 0.1) is 0 Å². The second-order valence-electron chi connectivity index (χ2n) is 8.23. The van der Waals surface area contributed by atoms with E-state index in [9.17, 15) is 24.6 Å². The van der Waals surface area contributed by atoms with Crippen LogP contribution in [0.5, 0.6) is 23.0 Å². The number of fused-ring (bicyclic) bond motifs is 3. The lowest BCUT2D eigenvalue weighted by Gasteiger charge is -2.22. The molecule has 0 unspecified atom stereocenters. The molecule has 5 aromatic carbocycles. The highest BCUT2D eigenvalue weighted by atomic mass is 32.3. The summed E-state index contributed by atoms with van der Waals surface area (Å²) in [7, 11) is -10.4. The Morgan fingerprint density at radius 1 is 0.513 bits per heavy atom. The monoisotopic (exact) mass is 572 g/mol. The fourth-order valence-electron chi connectivity index (χ4n) is 3.96. The van der Waals surface area contributed by atoms with Gasteiger partial charge in [-0.25, -0.2) is 0 Å². The summed E-state index contributed by atoms with van der Waals surface area (Å²) in [6, 6.07) is 27.8. The van der Waals surface area contributed by atoms with Gasteiger partial charge in [-0.2, -0.15) is 16.8 Å². The molecule has 0 bridgehead atoms. The van der Waals surface area contributed by atoms with Crippen LogP contribution in [0.25, 0.3) is 21.5 Å². The molecule has 200 valence electrons. The fourth-order valence-corrected chi connectivity index (χ4v) is 4.64. The van der Waals surface area contributed by atoms with Gasteiger partial charge in [0.15, 0.2) is 0 Å². The Labute approximate surface area is 222 Å². The molecule has 0 fully saturated rings. The van der Waals surface area contributed by atoms with Gasteiger partial charge in [0.05, 0.1) is 0 Å². The molecule has 0 heterocycles. The van der Waals surface area contributed by atoms with Gasteiger partial charge in [-0.15, -0.1) is 0 Å². The predicted molar refractivity (Wildman–Crippen MR) is 140 cm³/mol. The molecule has 0 saturated heterocycles. The molecule has 12 heteroatoms. The molecule has 0 aliphatic rings. The zero-order chi connectivity index (χ0) is 27.6. The lowest BCUT2D eigenvalue weighted by atomic mass is 10.00. The lowest BCUT2D eigenvalue weighted by molar-refractivity contribution is 0.00386. The van der Waals surface area contributed by atoms with Crippen molar-refractivity contribution in [1.82, 2.24) is 0 Å². The third kappa shape index (κ3) is 6.72. The highest BCUT2D eigenvalue weighted by Gasteiger charge is 2.18. The average Bonchev–Trinajstić information content (AvgIpc) is 2.88. The number of benzene rings is 5. The largest absolute Gasteiger partial charge is 0.488 e. The summed E-state index contributed by atoms with van der Waals surface area (Å²) >= 11 is 0. The Balaban J connectivity index is 1.47. The van der Waals surface area contributed by atoms with Crippen molar-refractivity contribution >= 4 is 42.6 Å². The van der Waals surface area contributed by atoms with Crippen LogP contribution in [-0.2, 0) is 21.0 Å². The Morgan fingerprint density at radius 2 is 0.974 bits per heavy atom. The molecule has 0 amide bonds. The summed E-state index contributed by atoms with van der Waals surface area (Å²) in [5.74, 6) is -0.0204. The maximum Gasteiger partial charge on any atom is 0.488 e. The zero-order valence-corrected chi connectivity index (χ0v) is 21.4. The van der Waals surface area contributed by atoms with Gasteiger partial charge in [-0.1, -0.05) is 56.3 Å². The van der Waals surface area contributed by atoms with Crippen molar-refractivity contribution in [3.63, 3.8) is 0 Å². The van der Waals surface area contributed by atoms with E-state index in [2.05, 4.69) is 8.37 Å². The van der Waals surface area contributed by atoms with E-state index in [1.165, 1.54) is 48.5 Å². The van der Waals surface area contributed by atoms with Crippen molar-refractivity contribution < 1.29 is 42.4 Å². The molecule has 0 aliphatic heterocycles. The molecular formula is C27H18F2O8S2. The van der Waals surface area contributed by atoms with E-state index in [1.54, 1.807) is 0 Å². The van der Waals surface area contributed by atoms with Crippen LogP contribution < -0.4 is 17.8 Å². The van der Waals surface area contributed by atoms with Crippen LogP contribution >= 0.6 is 0 Å². The normalized spacial score (nSPS) is 12.0. The van der Waals surface area contributed by atoms with Gasteiger partial charge in [0.1, 0.15) is 23.0 Å². The maximum atomic E-state index is 12.8. The van der Waals surface area contributed by atoms with Gasteiger partial charge in [-0.05, 0) is 76.1 Å². The van der Waals surface area contributed by atoms with Crippen molar-refractivity contribution in [2.45, 2.75) is 6.29 Å². The van der Waals surface area contributed by atoms with E-state index in [4.69, 9.17) is 9.47 Å². The molecule has 0 radical (unpaired) electrons. The van der Waals surface area contributed by atoms with Crippen LogP contribution in [0.1, 0.15) is 11.9 Å². The van der Waals surface area contributed by atoms with Gasteiger partial charge in [0.2, 0.25) is 0 Å². The van der Waals surface area contributed by atoms with E-state index in [0.29, 0.717) is 5.56 Å². The van der Waals surface area contributed by atoms with Crippen molar-refractivity contribution in [3.8, 4) is 23.0 Å². The Kier molecular flexibility index (Phi) is 6.98. The highest BCUT2D eigenvalue weighted by molar-refractivity contribution is 7.82. The SMILES string of the molecule is O=S(=O)(F)Oc1ccc(OC(Oc2ccc(OS(=O)(=O)F)cc2)c2ccc3c(ccc4ccccc43)c2)cc1. The van der Waals surface area contributed by atoms with E-state index in [-0.39, 0.29) is 23.0 Å². The summed E-state index contributed by atoms with van der Waals surface area (Å²) in [6.45, 7) is 0. The van der Waals surface area contributed by atoms with Gasteiger partial charge in [0.25, 0.3) is 6.29 Å². The summed E-state index contributed by atoms with van der Waals surface area (Å²) in [5, 5.41) is 4.07. The topological polar surface area (TPSA) is 105 Å². The minimum Gasteiger partial charge on any atom is -0.451 e. The van der Waals surface area contributed by atoms with Gasteiger partial charge < -0.3 is 17.8 Å². The van der Waals surface area contributed by atoms with Crippen molar-refractivity contribution in [3.05, 3.63) is 109 Å². The molecule has 8 nitrogen and oxygen atoms in total. The lowest BCUT2D eigenvalue weighted by Crippen LogP contribution is -2.15. The Bertz CT molecular complexity index is 1780. The number of halogens is 2. The first-order chi connectivity index (χ1) is 18.5. The zero-order valence-electron chi connectivity index (χ0n) is 19.7. The summed E-state index contributed by atoms with van der Waals surface area (Å²) < 4.78 is 89.1. The number of rotatable bonds is 9. The van der Waals surface area contributed by atoms with Crippen molar-refractivity contribution in [2.24, 2.45) is 0 Å². The van der Waals surface area contributed by atoms with Crippen molar-refractivity contribution in [1.29, 1.82) is 0 Å². The molecular weight excluding hydrogens is 554 g/mol. The van der Waals surface area contributed by atoms with Gasteiger partial charge in [0, 0.05) is 5.56 Å². The maximum absolute atomic E-state index is 12.8. The van der Waals surface area contributed by atoms with E-state index in [0.717, 1.165) is 21.5 Å². The second-order valence-corrected chi connectivity index (χ2v) is 10.1. The Hall–Kier alpha value is -4.42. The van der Waals surface area contributed by atoms with Crippen LogP contribution in [0.15, 0.2) is 103 Å². The van der Waals surface area contributed by atoms with E-state index >= 15 is 0 Å². The van der Waals surface area contributed by atoms with Crippen LogP contribution in [0.2, 0.25) is 0 Å². The first-order valence-corrected chi connectivity index (χ1v) is 13.9. The summed E-state index contributed by atoms with van der Waals surface area (Å²) in [4.78, 5) is 0. The van der Waals surface area contributed by atoms with E-state index in [1.807, 2.05) is 54.6 Å². The smallest absolute Gasteiger partial charge is 0.451 e.